The minimum Gasteiger partial charge on any atom is -0.349 e. The van der Waals surface area contributed by atoms with Crippen molar-refractivity contribution in [2.75, 3.05) is 18.0 Å². The molecule has 0 radical (unpaired) electrons. The van der Waals surface area contributed by atoms with E-state index in [-0.39, 0.29) is 17.9 Å². The number of carbonyl (C=O) groups is 1. The standard InChI is InChI=1S/C26H30N4O/c1-18-7-9-21(10-8-18)20(3)29-25(31)22-11-13-30(14-12-22)26-27-16-24(17-28-26)23-6-4-5-19(2)15-23/h4-10,15-17,20,22H,11-14H2,1-3H3,(H,29,31)/t20-/m0/s1. The van der Waals surface area contributed by atoms with Gasteiger partial charge in [-0.25, -0.2) is 9.97 Å². The largest absolute Gasteiger partial charge is 0.349 e. The van der Waals surface area contributed by atoms with Crippen molar-refractivity contribution in [1.29, 1.82) is 0 Å². The van der Waals surface area contributed by atoms with Gasteiger partial charge in [0.15, 0.2) is 0 Å². The zero-order chi connectivity index (χ0) is 21.8. The van der Waals surface area contributed by atoms with Crippen LogP contribution in [0.1, 0.15) is 42.5 Å². The highest BCUT2D eigenvalue weighted by molar-refractivity contribution is 5.79. The van der Waals surface area contributed by atoms with E-state index in [0.29, 0.717) is 0 Å². The molecular formula is C26H30N4O. The van der Waals surface area contributed by atoms with Gasteiger partial charge in [-0.15, -0.1) is 0 Å². The van der Waals surface area contributed by atoms with Gasteiger partial charge >= 0.3 is 0 Å². The second kappa shape index (κ2) is 9.29. The van der Waals surface area contributed by atoms with E-state index in [1.165, 1.54) is 11.1 Å². The molecule has 3 aromatic rings. The van der Waals surface area contributed by atoms with Crippen LogP contribution in [-0.2, 0) is 4.79 Å². The number of rotatable bonds is 5. The molecule has 1 saturated heterocycles. The lowest BCUT2D eigenvalue weighted by atomic mass is 9.95. The summed E-state index contributed by atoms with van der Waals surface area (Å²) in [6, 6.07) is 16.7. The monoisotopic (exact) mass is 414 g/mol. The number of nitrogens with zero attached hydrogens (tertiary/aromatic N) is 3. The van der Waals surface area contributed by atoms with Crippen LogP contribution >= 0.6 is 0 Å². The number of carbonyl (C=O) groups excluding carboxylic acids is 1. The third kappa shape index (κ3) is 5.10. The molecule has 0 saturated carbocycles. The van der Waals surface area contributed by atoms with Crippen molar-refractivity contribution in [3.63, 3.8) is 0 Å². The summed E-state index contributed by atoms with van der Waals surface area (Å²) in [5, 5.41) is 3.18. The summed E-state index contributed by atoms with van der Waals surface area (Å²) in [6.45, 7) is 7.78. The third-order valence-electron chi connectivity index (χ3n) is 6.07. The van der Waals surface area contributed by atoms with Crippen molar-refractivity contribution < 1.29 is 4.79 Å². The minimum absolute atomic E-state index is 0.0173. The molecule has 0 aliphatic carbocycles. The quantitative estimate of drug-likeness (QED) is 0.648. The first-order valence-corrected chi connectivity index (χ1v) is 11.0. The lowest BCUT2D eigenvalue weighted by molar-refractivity contribution is -0.126. The van der Waals surface area contributed by atoms with Crippen LogP contribution in [0.5, 0.6) is 0 Å². The van der Waals surface area contributed by atoms with Gasteiger partial charge in [-0.3, -0.25) is 4.79 Å². The van der Waals surface area contributed by atoms with Gasteiger partial charge in [-0.1, -0.05) is 59.7 Å². The fourth-order valence-electron chi connectivity index (χ4n) is 4.07. The van der Waals surface area contributed by atoms with Crippen LogP contribution in [0.15, 0.2) is 60.9 Å². The maximum atomic E-state index is 12.8. The smallest absolute Gasteiger partial charge is 0.225 e. The van der Waals surface area contributed by atoms with E-state index in [9.17, 15) is 4.79 Å². The van der Waals surface area contributed by atoms with Gasteiger partial charge in [0.1, 0.15) is 0 Å². The van der Waals surface area contributed by atoms with E-state index in [4.69, 9.17) is 0 Å². The van der Waals surface area contributed by atoms with Gasteiger partial charge < -0.3 is 10.2 Å². The lowest BCUT2D eigenvalue weighted by Crippen LogP contribution is -2.41. The van der Waals surface area contributed by atoms with Crippen LogP contribution in [0, 0.1) is 19.8 Å². The fraction of sp³-hybridized carbons (Fsp3) is 0.346. The molecule has 1 amide bonds. The van der Waals surface area contributed by atoms with E-state index < -0.39 is 0 Å². The van der Waals surface area contributed by atoms with Crippen molar-refractivity contribution in [2.24, 2.45) is 5.92 Å². The molecule has 160 valence electrons. The Hall–Kier alpha value is -3.21. The van der Waals surface area contributed by atoms with Crippen LogP contribution in [0.2, 0.25) is 0 Å². The molecule has 0 bridgehead atoms. The Bertz CT molecular complexity index is 1020. The van der Waals surface area contributed by atoms with Gasteiger partial charge in [-0.05, 0) is 44.7 Å². The van der Waals surface area contributed by atoms with Crippen LogP contribution in [0.4, 0.5) is 5.95 Å². The second-order valence-corrected chi connectivity index (χ2v) is 8.54. The molecule has 1 N–H and O–H groups in total. The zero-order valence-corrected chi connectivity index (χ0v) is 18.5. The van der Waals surface area contributed by atoms with Crippen LogP contribution in [0.3, 0.4) is 0 Å². The molecular weight excluding hydrogens is 384 g/mol. The maximum Gasteiger partial charge on any atom is 0.225 e. The van der Waals surface area contributed by atoms with Gasteiger partial charge in [-0.2, -0.15) is 0 Å². The normalized spacial score (nSPS) is 15.5. The number of anilines is 1. The summed E-state index contributed by atoms with van der Waals surface area (Å²) in [4.78, 5) is 24.1. The minimum atomic E-state index is 0.0173. The van der Waals surface area contributed by atoms with Crippen molar-refractivity contribution in [3.8, 4) is 11.1 Å². The molecule has 1 aromatic heterocycles. The van der Waals surface area contributed by atoms with Crippen LogP contribution in [-0.4, -0.2) is 29.0 Å². The van der Waals surface area contributed by atoms with Crippen molar-refractivity contribution in [3.05, 3.63) is 77.6 Å². The Kier molecular flexibility index (Phi) is 6.31. The van der Waals surface area contributed by atoms with Crippen molar-refractivity contribution in [1.82, 2.24) is 15.3 Å². The predicted molar refractivity (Wildman–Crippen MR) is 125 cm³/mol. The average Bonchev–Trinajstić information content (AvgIpc) is 2.80. The molecule has 1 aliphatic rings. The summed E-state index contributed by atoms with van der Waals surface area (Å²) >= 11 is 0. The van der Waals surface area contributed by atoms with Crippen molar-refractivity contribution in [2.45, 2.75) is 39.7 Å². The van der Waals surface area contributed by atoms with E-state index in [1.54, 1.807) is 0 Å². The second-order valence-electron chi connectivity index (χ2n) is 8.54. The lowest BCUT2D eigenvalue weighted by Gasteiger charge is -2.32. The third-order valence-corrected chi connectivity index (χ3v) is 6.07. The highest BCUT2D eigenvalue weighted by Crippen LogP contribution is 2.24. The predicted octanol–water partition coefficient (Wildman–Crippen LogP) is 4.85. The number of benzene rings is 2. The molecule has 31 heavy (non-hydrogen) atoms. The van der Waals surface area contributed by atoms with Crippen LogP contribution < -0.4 is 10.2 Å². The number of nitrogens with one attached hydrogen (secondary N) is 1. The molecule has 1 aliphatic heterocycles. The molecule has 0 unspecified atom stereocenters. The molecule has 5 nitrogen and oxygen atoms in total. The molecule has 5 heteroatoms. The van der Waals surface area contributed by atoms with E-state index in [0.717, 1.165) is 48.6 Å². The summed E-state index contributed by atoms with van der Waals surface area (Å²) in [6.07, 6.45) is 5.41. The van der Waals surface area contributed by atoms with E-state index in [2.05, 4.69) is 76.5 Å². The maximum absolute atomic E-state index is 12.8. The summed E-state index contributed by atoms with van der Waals surface area (Å²) < 4.78 is 0. The molecule has 1 atom stereocenters. The number of piperidine rings is 1. The van der Waals surface area contributed by atoms with Crippen molar-refractivity contribution >= 4 is 11.9 Å². The topological polar surface area (TPSA) is 58.1 Å². The molecule has 2 heterocycles. The van der Waals surface area contributed by atoms with Crippen LogP contribution in [0.25, 0.3) is 11.1 Å². The Morgan fingerprint density at radius 2 is 1.65 bits per heavy atom. The number of amides is 1. The van der Waals surface area contributed by atoms with E-state index in [1.807, 2.05) is 25.4 Å². The molecule has 2 aromatic carbocycles. The Balaban J connectivity index is 1.32. The number of aryl methyl sites for hydroxylation is 2. The summed E-state index contributed by atoms with van der Waals surface area (Å²) in [5.41, 5.74) is 5.73. The SMILES string of the molecule is Cc1ccc([C@H](C)NC(=O)C2CCN(c3ncc(-c4cccc(C)c4)cn3)CC2)cc1. The molecule has 1 fully saturated rings. The highest BCUT2D eigenvalue weighted by atomic mass is 16.1. The first-order valence-electron chi connectivity index (χ1n) is 11.0. The summed E-state index contributed by atoms with van der Waals surface area (Å²) in [7, 11) is 0. The zero-order valence-electron chi connectivity index (χ0n) is 18.5. The Morgan fingerprint density at radius 1 is 0.968 bits per heavy atom. The van der Waals surface area contributed by atoms with Gasteiger partial charge in [0.2, 0.25) is 11.9 Å². The molecule has 4 rings (SSSR count). The van der Waals surface area contributed by atoms with Gasteiger partial charge in [0, 0.05) is 37.0 Å². The van der Waals surface area contributed by atoms with E-state index >= 15 is 0 Å². The highest BCUT2D eigenvalue weighted by Gasteiger charge is 2.27. The van der Waals surface area contributed by atoms with Gasteiger partial charge in [0.05, 0.1) is 6.04 Å². The Labute approximate surface area is 184 Å². The first-order chi connectivity index (χ1) is 15.0. The fourth-order valence-corrected chi connectivity index (χ4v) is 4.07. The number of hydrogen-bond donors (Lipinski definition) is 1. The number of hydrogen-bond acceptors (Lipinski definition) is 4. The van der Waals surface area contributed by atoms with Gasteiger partial charge in [0.25, 0.3) is 0 Å². The Morgan fingerprint density at radius 3 is 2.29 bits per heavy atom. The molecule has 0 spiro atoms. The first kappa shape index (κ1) is 21.0. The summed E-state index contributed by atoms with van der Waals surface area (Å²) in [5.74, 6) is 0.919. The number of aromatic nitrogens is 2. The average molecular weight is 415 g/mol.